The zero-order valence-corrected chi connectivity index (χ0v) is 16.3. The summed E-state index contributed by atoms with van der Waals surface area (Å²) in [6, 6.07) is 7.66. The number of carbonyl (C=O) groups excluding carboxylic acids is 1. The minimum absolute atomic E-state index is 0.0123. The molecule has 0 unspecified atom stereocenters. The van der Waals surface area contributed by atoms with E-state index in [2.05, 4.69) is 5.32 Å². The number of morpholine rings is 1. The normalized spacial score (nSPS) is 15.4. The Labute approximate surface area is 166 Å². The fourth-order valence-corrected chi connectivity index (χ4v) is 4.43. The van der Waals surface area contributed by atoms with Crippen LogP contribution in [-0.4, -0.2) is 50.0 Å². The Kier molecular flexibility index (Phi) is 6.19. The van der Waals surface area contributed by atoms with Crippen LogP contribution in [0.15, 0.2) is 41.3 Å². The highest BCUT2D eigenvalue weighted by atomic mass is 35.5. The van der Waals surface area contributed by atoms with Gasteiger partial charge in [0.25, 0.3) is 0 Å². The molecule has 0 bridgehead atoms. The molecule has 28 heavy (non-hydrogen) atoms. The Bertz CT molecular complexity index is 973. The predicted molar refractivity (Wildman–Crippen MR) is 101 cm³/mol. The molecule has 0 aromatic heterocycles. The van der Waals surface area contributed by atoms with Crippen molar-refractivity contribution in [2.75, 3.05) is 31.6 Å². The van der Waals surface area contributed by atoms with Gasteiger partial charge in [-0.3, -0.25) is 4.79 Å². The molecule has 1 aliphatic heterocycles. The molecule has 0 spiro atoms. The van der Waals surface area contributed by atoms with Crippen molar-refractivity contribution < 1.29 is 27.4 Å². The van der Waals surface area contributed by atoms with Crippen LogP contribution in [0, 0.1) is 5.82 Å². The number of aromatic hydroxyl groups is 1. The summed E-state index contributed by atoms with van der Waals surface area (Å²) in [4.78, 5) is 12.2. The Hall–Kier alpha value is -2.20. The Morgan fingerprint density at radius 2 is 1.96 bits per heavy atom. The Morgan fingerprint density at radius 1 is 1.25 bits per heavy atom. The lowest BCUT2D eigenvalue weighted by molar-refractivity contribution is -0.115. The topological polar surface area (TPSA) is 95.9 Å². The van der Waals surface area contributed by atoms with Gasteiger partial charge < -0.3 is 15.2 Å². The number of hydrogen-bond acceptors (Lipinski definition) is 5. The molecule has 2 aromatic carbocycles. The number of nitrogens with one attached hydrogen (secondary N) is 1. The first-order valence-electron chi connectivity index (χ1n) is 8.42. The van der Waals surface area contributed by atoms with Crippen LogP contribution in [0.2, 0.25) is 5.02 Å². The van der Waals surface area contributed by atoms with E-state index in [1.165, 1.54) is 40.7 Å². The van der Waals surface area contributed by atoms with Crippen molar-refractivity contribution in [3.8, 4) is 5.75 Å². The average Bonchev–Trinajstić information content (AvgIpc) is 2.67. The van der Waals surface area contributed by atoms with Crippen LogP contribution in [-0.2, 0) is 26.0 Å². The van der Waals surface area contributed by atoms with Crippen molar-refractivity contribution in [3.05, 3.63) is 52.8 Å². The second-order valence-corrected chi connectivity index (χ2v) is 8.47. The number of amides is 1. The maximum Gasteiger partial charge on any atom is 0.243 e. The summed E-state index contributed by atoms with van der Waals surface area (Å²) in [5.74, 6) is -1.59. The van der Waals surface area contributed by atoms with Crippen molar-refractivity contribution >= 4 is 33.2 Å². The van der Waals surface area contributed by atoms with Crippen LogP contribution in [0.1, 0.15) is 5.56 Å². The molecule has 1 heterocycles. The minimum Gasteiger partial charge on any atom is -0.506 e. The van der Waals surface area contributed by atoms with Gasteiger partial charge >= 0.3 is 0 Å². The third-order valence-electron chi connectivity index (χ3n) is 4.25. The number of sulfonamides is 1. The average molecular weight is 429 g/mol. The molecule has 1 saturated heterocycles. The summed E-state index contributed by atoms with van der Waals surface area (Å²) in [7, 11) is -3.80. The van der Waals surface area contributed by atoms with Gasteiger partial charge in [0.1, 0.15) is 11.6 Å². The quantitative estimate of drug-likeness (QED) is 0.713. The lowest BCUT2D eigenvalue weighted by Gasteiger charge is -2.26. The van der Waals surface area contributed by atoms with E-state index in [0.29, 0.717) is 13.2 Å². The molecular weight excluding hydrogens is 411 g/mol. The molecule has 1 fully saturated rings. The molecular formula is C18H18ClFN2O5S. The molecule has 0 atom stereocenters. The first-order valence-corrected chi connectivity index (χ1v) is 10.2. The van der Waals surface area contributed by atoms with E-state index in [4.69, 9.17) is 16.3 Å². The maximum atomic E-state index is 13.8. The van der Waals surface area contributed by atoms with Crippen LogP contribution >= 0.6 is 11.6 Å². The molecule has 7 nitrogen and oxygen atoms in total. The van der Waals surface area contributed by atoms with Gasteiger partial charge in [0.15, 0.2) is 0 Å². The van der Waals surface area contributed by atoms with Gasteiger partial charge in [-0.1, -0.05) is 17.7 Å². The lowest BCUT2D eigenvalue weighted by Crippen LogP contribution is -2.40. The largest absolute Gasteiger partial charge is 0.506 e. The predicted octanol–water partition coefficient (Wildman–Crippen LogP) is 2.39. The summed E-state index contributed by atoms with van der Waals surface area (Å²) in [5.41, 5.74) is -0.0787. The van der Waals surface area contributed by atoms with E-state index in [9.17, 15) is 22.7 Å². The number of rotatable bonds is 5. The van der Waals surface area contributed by atoms with Crippen LogP contribution in [0.5, 0.6) is 5.75 Å². The van der Waals surface area contributed by atoms with E-state index in [0.717, 1.165) is 0 Å². The number of anilines is 1. The maximum absolute atomic E-state index is 13.8. The van der Waals surface area contributed by atoms with E-state index in [1.54, 1.807) is 0 Å². The third kappa shape index (κ3) is 4.44. The fraction of sp³-hybridized carbons (Fsp3) is 0.278. The first kappa shape index (κ1) is 20.5. The van der Waals surface area contributed by atoms with E-state index < -0.39 is 21.7 Å². The highest BCUT2D eigenvalue weighted by Crippen LogP contribution is 2.29. The van der Waals surface area contributed by atoms with E-state index in [1.807, 2.05) is 0 Å². The summed E-state index contributed by atoms with van der Waals surface area (Å²) < 4.78 is 45.7. The fourth-order valence-electron chi connectivity index (χ4n) is 2.77. The number of phenols is 1. The zero-order chi connectivity index (χ0) is 20.3. The van der Waals surface area contributed by atoms with Crippen LogP contribution in [0.25, 0.3) is 0 Å². The summed E-state index contributed by atoms with van der Waals surface area (Å²) in [6.45, 7) is 1.03. The number of hydrogen-bond donors (Lipinski definition) is 2. The van der Waals surface area contributed by atoms with Gasteiger partial charge in [-0.25, -0.2) is 12.8 Å². The molecule has 3 rings (SSSR count). The Balaban J connectivity index is 1.81. The molecule has 1 aliphatic rings. The number of carbonyl (C=O) groups is 1. The van der Waals surface area contributed by atoms with Gasteiger partial charge in [0.05, 0.1) is 30.2 Å². The van der Waals surface area contributed by atoms with Crippen molar-refractivity contribution in [2.45, 2.75) is 11.3 Å². The summed E-state index contributed by atoms with van der Waals surface area (Å²) in [5, 5.41) is 12.5. The van der Waals surface area contributed by atoms with E-state index >= 15 is 0 Å². The number of phenolic OH excluding ortho intramolecular Hbond substituents is 1. The monoisotopic (exact) mass is 428 g/mol. The van der Waals surface area contributed by atoms with Crippen LogP contribution in [0.4, 0.5) is 10.1 Å². The van der Waals surface area contributed by atoms with Crippen molar-refractivity contribution in [3.63, 3.8) is 0 Å². The highest BCUT2D eigenvalue weighted by Gasteiger charge is 2.27. The smallest absolute Gasteiger partial charge is 0.243 e. The Morgan fingerprint density at radius 3 is 2.64 bits per heavy atom. The van der Waals surface area contributed by atoms with Gasteiger partial charge in [-0.2, -0.15) is 4.31 Å². The molecule has 0 radical (unpaired) electrons. The van der Waals surface area contributed by atoms with Crippen molar-refractivity contribution in [1.82, 2.24) is 4.31 Å². The second kappa shape index (κ2) is 8.44. The number of nitrogens with zero attached hydrogens (tertiary/aromatic N) is 1. The van der Waals surface area contributed by atoms with Gasteiger partial charge in [0.2, 0.25) is 15.9 Å². The molecule has 2 N–H and O–H groups in total. The number of benzene rings is 2. The molecule has 0 aliphatic carbocycles. The summed E-state index contributed by atoms with van der Waals surface area (Å²) >= 11 is 5.91. The van der Waals surface area contributed by atoms with Crippen LogP contribution < -0.4 is 5.32 Å². The van der Waals surface area contributed by atoms with Gasteiger partial charge in [-0.05, 0) is 30.3 Å². The standard InChI is InChI=1S/C18H18ClFN2O5S/c19-14-2-1-3-15(20)13(14)11-18(24)21-16-10-12(4-5-17(16)23)28(25,26)22-6-8-27-9-7-22/h1-5,10,23H,6-9,11H2,(H,21,24). The summed E-state index contributed by atoms with van der Waals surface area (Å²) in [6.07, 6.45) is -0.370. The molecule has 2 aromatic rings. The number of ether oxygens (including phenoxy) is 1. The molecule has 150 valence electrons. The molecule has 10 heteroatoms. The zero-order valence-electron chi connectivity index (χ0n) is 14.7. The number of halogens is 2. The van der Waals surface area contributed by atoms with Gasteiger partial charge in [0, 0.05) is 23.7 Å². The molecule has 0 saturated carbocycles. The minimum atomic E-state index is -3.80. The van der Waals surface area contributed by atoms with Crippen molar-refractivity contribution in [2.24, 2.45) is 0 Å². The van der Waals surface area contributed by atoms with Crippen molar-refractivity contribution in [1.29, 1.82) is 0 Å². The van der Waals surface area contributed by atoms with E-state index in [-0.39, 0.29) is 46.4 Å². The van der Waals surface area contributed by atoms with Gasteiger partial charge in [-0.15, -0.1) is 0 Å². The second-order valence-electron chi connectivity index (χ2n) is 6.12. The third-order valence-corrected chi connectivity index (χ3v) is 6.50. The molecule has 1 amide bonds. The SMILES string of the molecule is O=C(Cc1c(F)cccc1Cl)Nc1cc(S(=O)(=O)N2CCOCC2)ccc1O. The first-order chi connectivity index (χ1) is 13.3. The highest BCUT2D eigenvalue weighted by molar-refractivity contribution is 7.89. The van der Waals surface area contributed by atoms with Crippen LogP contribution in [0.3, 0.4) is 0 Å². The lowest BCUT2D eigenvalue weighted by atomic mass is 10.1.